The molecule has 86 valence electrons. The van der Waals surface area contributed by atoms with Crippen LogP contribution in [0.4, 0.5) is 0 Å². The first kappa shape index (κ1) is 14.5. The van der Waals surface area contributed by atoms with Crippen LogP contribution in [0.1, 0.15) is 13.8 Å². The van der Waals surface area contributed by atoms with Gasteiger partial charge in [-0.1, -0.05) is 0 Å². The molecule has 0 aromatic heterocycles. The topological polar surface area (TPSA) is 88.1 Å². The third-order valence-corrected chi connectivity index (χ3v) is 4.57. The number of hydrogen-bond donors (Lipinski definition) is 0. The van der Waals surface area contributed by atoms with Crippen LogP contribution in [0.2, 0.25) is 0 Å². The Morgan fingerprint density at radius 3 is 1.43 bits per heavy atom. The van der Waals surface area contributed by atoms with Crippen molar-refractivity contribution in [2.24, 2.45) is 0 Å². The average Bonchev–Trinajstić information content (AvgIpc) is 2.03. The van der Waals surface area contributed by atoms with E-state index in [1.807, 2.05) is 0 Å². The van der Waals surface area contributed by atoms with Crippen LogP contribution in [-0.4, -0.2) is 13.2 Å². The van der Waals surface area contributed by atoms with Crippen LogP contribution in [0.15, 0.2) is 0 Å². The van der Waals surface area contributed by atoms with E-state index in [-0.39, 0.29) is 13.2 Å². The van der Waals surface area contributed by atoms with Crippen LogP contribution < -0.4 is 0 Å². The minimum atomic E-state index is -3.07. The van der Waals surface area contributed by atoms with Crippen molar-refractivity contribution < 1.29 is 31.4 Å². The molecular formula is C4H13O7P3. The fraction of sp³-hybridized carbons (Fsp3) is 1.00. The molecule has 7 nitrogen and oxygen atoms in total. The predicted molar refractivity (Wildman–Crippen MR) is 52.4 cm³/mol. The standard InChI is InChI=1S/C4H13O7P3/c1-3-8-12(5)10-14(7)11-13(6)9-4-2/h12-14H,3-4H2,1-2H3. The molecule has 0 bridgehead atoms. The van der Waals surface area contributed by atoms with Crippen LogP contribution in [0.5, 0.6) is 0 Å². The second-order valence-corrected chi connectivity index (χ2v) is 5.53. The average molecular weight is 266 g/mol. The van der Waals surface area contributed by atoms with Gasteiger partial charge in [-0.3, -0.25) is 13.7 Å². The Hall–Kier alpha value is 0.530. The normalized spacial score (nSPS) is 17.6. The Morgan fingerprint density at radius 1 is 0.786 bits per heavy atom. The lowest BCUT2D eigenvalue weighted by Crippen LogP contribution is -1.80. The summed E-state index contributed by atoms with van der Waals surface area (Å²) >= 11 is 0. The van der Waals surface area contributed by atoms with Crippen LogP contribution in [-0.2, 0) is 31.4 Å². The van der Waals surface area contributed by atoms with E-state index in [0.29, 0.717) is 0 Å². The van der Waals surface area contributed by atoms with Crippen LogP contribution in [0, 0.1) is 0 Å². The summed E-state index contributed by atoms with van der Waals surface area (Å²) in [6.07, 6.45) is 0. The molecule has 2 atom stereocenters. The van der Waals surface area contributed by atoms with Gasteiger partial charge in [0, 0.05) is 0 Å². The Bertz CT molecular complexity index is 207. The van der Waals surface area contributed by atoms with Crippen molar-refractivity contribution in [2.45, 2.75) is 13.8 Å². The lowest BCUT2D eigenvalue weighted by molar-refractivity contribution is 0.279. The Labute approximate surface area is 83.9 Å². The molecule has 0 fully saturated rings. The molecule has 0 saturated heterocycles. The fourth-order valence-corrected chi connectivity index (χ4v) is 3.02. The van der Waals surface area contributed by atoms with Gasteiger partial charge < -0.3 is 9.05 Å². The molecule has 0 saturated carbocycles. The molecule has 0 heterocycles. The van der Waals surface area contributed by atoms with Gasteiger partial charge in [0.1, 0.15) is 0 Å². The van der Waals surface area contributed by atoms with E-state index >= 15 is 0 Å². The molecule has 10 heteroatoms. The lowest BCUT2D eigenvalue weighted by atomic mass is 10.9. The Morgan fingerprint density at radius 2 is 1.14 bits per heavy atom. The molecule has 0 aliphatic carbocycles. The first-order valence-corrected chi connectivity index (χ1v) is 7.50. The highest BCUT2D eigenvalue weighted by Gasteiger charge is 2.09. The molecule has 0 N–H and O–H groups in total. The molecule has 0 aromatic rings. The van der Waals surface area contributed by atoms with Crippen molar-refractivity contribution >= 4 is 24.8 Å². The van der Waals surface area contributed by atoms with Crippen molar-refractivity contribution in [3.63, 3.8) is 0 Å². The van der Waals surface area contributed by atoms with Crippen molar-refractivity contribution in [2.75, 3.05) is 13.2 Å². The highest BCUT2D eigenvalue weighted by Crippen LogP contribution is 2.46. The molecule has 0 aliphatic heterocycles. The Balaban J connectivity index is 3.75. The minimum Gasteiger partial charge on any atom is -0.311 e. The van der Waals surface area contributed by atoms with Gasteiger partial charge in [0.15, 0.2) is 0 Å². The second-order valence-electron chi connectivity index (χ2n) is 1.82. The van der Waals surface area contributed by atoms with E-state index in [1.165, 1.54) is 0 Å². The van der Waals surface area contributed by atoms with Crippen molar-refractivity contribution in [3.05, 3.63) is 0 Å². The molecule has 0 aliphatic rings. The van der Waals surface area contributed by atoms with E-state index in [1.54, 1.807) is 13.8 Å². The highest BCUT2D eigenvalue weighted by molar-refractivity contribution is 7.53. The van der Waals surface area contributed by atoms with E-state index in [4.69, 9.17) is 0 Å². The third kappa shape index (κ3) is 7.89. The second kappa shape index (κ2) is 8.81. The summed E-state index contributed by atoms with van der Waals surface area (Å²) in [5, 5.41) is 0. The summed E-state index contributed by atoms with van der Waals surface area (Å²) < 4.78 is 49.9. The molecule has 2 unspecified atom stereocenters. The molecule has 0 radical (unpaired) electrons. The van der Waals surface area contributed by atoms with Gasteiger partial charge in [-0.05, 0) is 13.8 Å². The SMILES string of the molecule is CCO[PH](=O)O[PH](=O)O[PH](=O)OCC. The predicted octanol–water partition coefficient (Wildman–Crippen LogP) is 2.26. The zero-order chi connectivity index (χ0) is 11.0. The quantitative estimate of drug-likeness (QED) is 0.622. The Kier molecular flexibility index (Phi) is 9.14. The molecule has 0 aromatic carbocycles. The maximum atomic E-state index is 10.8. The van der Waals surface area contributed by atoms with E-state index in [0.717, 1.165) is 0 Å². The van der Waals surface area contributed by atoms with Crippen LogP contribution in [0.25, 0.3) is 0 Å². The maximum absolute atomic E-state index is 10.8. The molecular weight excluding hydrogens is 253 g/mol. The van der Waals surface area contributed by atoms with Crippen molar-refractivity contribution in [1.82, 2.24) is 0 Å². The monoisotopic (exact) mass is 266 g/mol. The van der Waals surface area contributed by atoms with Gasteiger partial charge in [-0.2, -0.15) is 0 Å². The summed E-state index contributed by atoms with van der Waals surface area (Å²) in [6.45, 7) is 3.56. The molecule has 0 rings (SSSR count). The van der Waals surface area contributed by atoms with E-state index in [9.17, 15) is 13.7 Å². The van der Waals surface area contributed by atoms with Gasteiger partial charge in [0.25, 0.3) is 0 Å². The molecule has 14 heavy (non-hydrogen) atoms. The highest BCUT2D eigenvalue weighted by atomic mass is 31.2. The van der Waals surface area contributed by atoms with Crippen molar-refractivity contribution in [3.8, 4) is 0 Å². The van der Waals surface area contributed by atoms with Gasteiger partial charge in [-0.25, -0.2) is 8.62 Å². The summed E-state index contributed by atoms with van der Waals surface area (Å²) in [5.74, 6) is 0. The van der Waals surface area contributed by atoms with Crippen molar-refractivity contribution in [1.29, 1.82) is 0 Å². The summed E-state index contributed by atoms with van der Waals surface area (Å²) in [7, 11) is -8.71. The first-order valence-electron chi connectivity index (χ1n) is 3.83. The van der Waals surface area contributed by atoms with Gasteiger partial charge >= 0.3 is 24.8 Å². The zero-order valence-electron chi connectivity index (χ0n) is 7.77. The van der Waals surface area contributed by atoms with Gasteiger partial charge in [0.2, 0.25) is 0 Å². The minimum absolute atomic E-state index is 0.174. The smallest absolute Gasteiger partial charge is 0.311 e. The largest absolute Gasteiger partial charge is 0.333 e. The van der Waals surface area contributed by atoms with Crippen LogP contribution >= 0.6 is 24.8 Å². The van der Waals surface area contributed by atoms with Gasteiger partial charge in [-0.15, -0.1) is 0 Å². The third-order valence-electron chi connectivity index (χ3n) is 0.858. The van der Waals surface area contributed by atoms with Crippen LogP contribution in [0.3, 0.4) is 0 Å². The first-order chi connectivity index (χ1) is 6.60. The number of rotatable bonds is 8. The molecule has 0 spiro atoms. The van der Waals surface area contributed by atoms with E-state index in [2.05, 4.69) is 17.7 Å². The number of hydrogen-bond acceptors (Lipinski definition) is 7. The molecule has 0 amide bonds. The summed E-state index contributed by atoms with van der Waals surface area (Å²) in [4.78, 5) is 0. The maximum Gasteiger partial charge on any atom is 0.333 e. The zero-order valence-corrected chi connectivity index (χ0v) is 10.8. The summed E-state index contributed by atoms with van der Waals surface area (Å²) in [6, 6.07) is 0. The van der Waals surface area contributed by atoms with E-state index < -0.39 is 24.8 Å². The fourth-order valence-electron chi connectivity index (χ4n) is 0.452. The lowest BCUT2D eigenvalue weighted by Gasteiger charge is -2.04. The summed E-state index contributed by atoms with van der Waals surface area (Å²) in [5.41, 5.74) is 0. The van der Waals surface area contributed by atoms with Gasteiger partial charge in [0.05, 0.1) is 13.2 Å².